The van der Waals surface area contributed by atoms with Crippen LogP contribution >= 0.6 is 0 Å². The molecule has 0 radical (unpaired) electrons. The topological polar surface area (TPSA) is 18.5 Å². The van der Waals surface area contributed by atoms with Gasteiger partial charge in [-0.3, -0.25) is 0 Å². The predicted octanol–water partition coefficient (Wildman–Crippen LogP) is 4.07. The van der Waals surface area contributed by atoms with Gasteiger partial charge in [0.1, 0.15) is 0 Å². The molecular formula is C14H27BO2. The fraction of sp³-hybridized carbons (Fsp3) is 0.857. The van der Waals surface area contributed by atoms with Crippen LogP contribution in [0.1, 0.15) is 55.4 Å². The SMILES string of the molecule is C/C(=C\CB1OC(C)(C)C(C)(C)O1)C(C)(C)C. The predicted molar refractivity (Wildman–Crippen MR) is 74.1 cm³/mol. The molecule has 1 saturated heterocycles. The fourth-order valence-corrected chi connectivity index (χ4v) is 1.64. The average molecular weight is 238 g/mol. The van der Waals surface area contributed by atoms with Gasteiger partial charge in [0, 0.05) is 6.32 Å². The third-order valence-corrected chi connectivity index (χ3v) is 4.10. The van der Waals surface area contributed by atoms with Crippen LogP contribution in [0.5, 0.6) is 0 Å². The van der Waals surface area contributed by atoms with E-state index in [1.165, 1.54) is 5.57 Å². The van der Waals surface area contributed by atoms with Crippen molar-refractivity contribution < 1.29 is 9.31 Å². The summed E-state index contributed by atoms with van der Waals surface area (Å²) in [5.41, 5.74) is 1.17. The van der Waals surface area contributed by atoms with Crippen molar-refractivity contribution in [2.24, 2.45) is 5.41 Å². The molecule has 0 aromatic carbocycles. The van der Waals surface area contributed by atoms with Gasteiger partial charge in [0.25, 0.3) is 0 Å². The fourth-order valence-electron chi connectivity index (χ4n) is 1.64. The second-order valence-corrected chi connectivity index (χ2v) is 7.06. The van der Waals surface area contributed by atoms with Crippen molar-refractivity contribution in [3.8, 4) is 0 Å². The first-order valence-electron chi connectivity index (χ1n) is 6.48. The van der Waals surface area contributed by atoms with Crippen LogP contribution in [0.15, 0.2) is 11.6 Å². The quantitative estimate of drug-likeness (QED) is 0.533. The normalized spacial score (nSPS) is 24.2. The summed E-state index contributed by atoms with van der Waals surface area (Å²) in [4.78, 5) is 0. The minimum Gasteiger partial charge on any atom is -0.403 e. The summed E-state index contributed by atoms with van der Waals surface area (Å²) in [5.74, 6) is 0. The molecule has 0 unspecified atom stereocenters. The van der Waals surface area contributed by atoms with Crippen molar-refractivity contribution in [2.45, 2.75) is 72.9 Å². The molecule has 0 amide bonds. The van der Waals surface area contributed by atoms with Gasteiger partial charge in [0.15, 0.2) is 0 Å². The van der Waals surface area contributed by atoms with E-state index in [1.807, 2.05) is 0 Å². The Hall–Kier alpha value is -0.275. The number of rotatable bonds is 2. The van der Waals surface area contributed by atoms with E-state index < -0.39 is 0 Å². The van der Waals surface area contributed by atoms with Crippen LogP contribution in [0.25, 0.3) is 0 Å². The van der Waals surface area contributed by atoms with Crippen LogP contribution in [0.4, 0.5) is 0 Å². The zero-order valence-corrected chi connectivity index (χ0v) is 12.7. The molecule has 1 fully saturated rings. The second-order valence-electron chi connectivity index (χ2n) is 7.06. The molecular weight excluding hydrogens is 211 g/mol. The molecule has 98 valence electrons. The standard InChI is InChI=1S/C14H27BO2/c1-11(12(2,3)4)9-10-15-16-13(5,6)14(7,8)17-15/h9H,10H2,1-8H3/b11-9+. The highest BCUT2D eigenvalue weighted by Crippen LogP contribution is 2.38. The molecule has 0 aromatic rings. The second kappa shape index (κ2) is 4.44. The largest absolute Gasteiger partial charge is 0.461 e. The lowest BCUT2D eigenvalue weighted by atomic mass is 9.80. The van der Waals surface area contributed by atoms with E-state index in [1.54, 1.807) is 0 Å². The third-order valence-electron chi connectivity index (χ3n) is 4.10. The smallest absolute Gasteiger partial charge is 0.403 e. The van der Waals surface area contributed by atoms with Gasteiger partial charge in [0.05, 0.1) is 11.2 Å². The van der Waals surface area contributed by atoms with E-state index in [9.17, 15) is 0 Å². The molecule has 17 heavy (non-hydrogen) atoms. The third kappa shape index (κ3) is 3.35. The lowest BCUT2D eigenvalue weighted by Gasteiger charge is -2.32. The van der Waals surface area contributed by atoms with Crippen LogP contribution in [0.3, 0.4) is 0 Å². The summed E-state index contributed by atoms with van der Waals surface area (Å²) in [5, 5.41) is 0. The molecule has 0 N–H and O–H groups in total. The lowest BCUT2D eigenvalue weighted by molar-refractivity contribution is 0.00578. The Morgan fingerprint density at radius 1 is 1.06 bits per heavy atom. The Labute approximate surface area is 107 Å². The Balaban J connectivity index is 2.64. The maximum absolute atomic E-state index is 5.96. The van der Waals surface area contributed by atoms with Crippen molar-refractivity contribution in [2.75, 3.05) is 0 Å². The number of hydrogen-bond donors (Lipinski definition) is 0. The molecule has 3 heteroatoms. The van der Waals surface area contributed by atoms with Gasteiger partial charge in [-0.1, -0.05) is 32.4 Å². The minimum absolute atomic E-state index is 0.114. The molecule has 1 aliphatic rings. The number of allylic oxidation sites excluding steroid dienone is 2. The van der Waals surface area contributed by atoms with Crippen LogP contribution < -0.4 is 0 Å². The zero-order valence-electron chi connectivity index (χ0n) is 12.7. The van der Waals surface area contributed by atoms with Crippen molar-refractivity contribution >= 4 is 7.12 Å². The van der Waals surface area contributed by atoms with Gasteiger partial charge in [-0.25, -0.2) is 0 Å². The summed E-state index contributed by atoms with van der Waals surface area (Å²) in [6.07, 6.45) is 3.07. The molecule has 0 saturated carbocycles. The first-order valence-corrected chi connectivity index (χ1v) is 6.48. The van der Waals surface area contributed by atoms with E-state index in [-0.39, 0.29) is 23.7 Å². The molecule has 1 rings (SSSR count). The maximum atomic E-state index is 5.96. The van der Waals surface area contributed by atoms with Gasteiger partial charge >= 0.3 is 7.12 Å². The van der Waals surface area contributed by atoms with Crippen LogP contribution in [0.2, 0.25) is 6.32 Å². The first kappa shape index (κ1) is 14.8. The highest BCUT2D eigenvalue weighted by atomic mass is 16.7. The molecule has 0 atom stereocenters. The van der Waals surface area contributed by atoms with Crippen molar-refractivity contribution in [3.63, 3.8) is 0 Å². The van der Waals surface area contributed by atoms with E-state index >= 15 is 0 Å². The van der Waals surface area contributed by atoms with E-state index in [4.69, 9.17) is 9.31 Å². The van der Waals surface area contributed by atoms with Crippen LogP contribution in [0, 0.1) is 5.41 Å². The van der Waals surface area contributed by atoms with Crippen molar-refractivity contribution in [1.29, 1.82) is 0 Å². The maximum Gasteiger partial charge on any atom is 0.461 e. The van der Waals surface area contributed by atoms with Crippen molar-refractivity contribution in [3.05, 3.63) is 11.6 Å². The van der Waals surface area contributed by atoms with Crippen molar-refractivity contribution in [1.82, 2.24) is 0 Å². The Morgan fingerprint density at radius 2 is 1.47 bits per heavy atom. The van der Waals surface area contributed by atoms with Gasteiger partial charge in [-0.2, -0.15) is 0 Å². The van der Waals surface area contributed by atoms with E-state index in [0.717, 1.165) is 6.32 Å². The first-order chi connectivity index (χ1) is 7.46. The Bertz CT molecular complexity index is 295. The van der Waals surface area contributed by atoms with E-state index in [0.29, 0.717) is 0 Å². The molecule has 2 nitrogen and oxygen atoms in total. The van der Waals surface area contributed by atoms with E-state index in [2.05, 4.69) is 61.5 Å². The lowest BCUT2D eigenvalue weighted by Crippen LogP contribution is -2.41. The average Bonchev–Trinajstić information content (AvgIpc) is 2.30. The van der Waals surface area contributed by atoms with Gasteiger partial charge in [-0.05, 0) is 40.0 Å². The van der Waals surface area contributed by atoms with Gasteiger partial charge in [-0.15, -0.1) is 0 Å². The summed E-state index contributed by atoms with van der Waals surface area (Å²) in [6.45, 7) is 17.2. The molecule has 1 heterocycles. The monoisotopic (exact) mass is 238 g/mol. The Morgan fingerprint density at radius 3 is 1.82 bits per heavy atom. The summed E-state index contributed by atoms with van der Waals surface area (Å²) in [6, 6.07) is 0. The molecule has 0 bridgehead atoms. The van der Waals surface area contributed by atoms with Gasteiger partial charge < -0.3 is 9.31 Å². The molecule has 0 aliphatic carbocycles. The molecule has 0 aromatic heterocycles. The number of hydrogen-bond acceptors (Lipinski definition) is 2. The van der Waals surface area contributed by atoms with Crippen LogP contribution in [-0.2, 0) is 9.31 Å². The molecule has 0 spiro atoms. The zero-order chi connectivity index (χ0) is 13.5. The minimum atomic E-state index is -0.221. The van der Waals surface area contributed by atoms with Crippen LogP contribution in [-0.4, -0.2) is 18.3 Å². The highest BCUT2D eigenvalue weighted by molar-refractivity contribution is 6.46. The summed E-state index contributed by atoms with van der Waals surface area (Å²) < 4.78 is 11.9. The van der Waals surface area contributed by atoms with Gasteiger partial charge in [0.2, 0.25) is 0 Å². The highest BCUT2D eigenvalue weighted by Gasteiger charge is 2.50. The summed E-state index contributed by atoms with van der Waals surface area (Å²) >= 11 is 0. The summed E-state index contributed by atoms with van der Waals surface area (Å²) in [7, 11) is -0.114. The molecule has 1 aliphatic heterocycles. The Kier molecular flexibility index (Phi) is 3.86.